The Balaban J connectivity index is 0.00000112. The maximum Gasteiger partial charge on any atom is 0.278 e. The normalized spacial score (nSPS) is 10.2. The van der Waals surface area contributed by atoms with Gasteiger partial charge in [0.1, 0.15) is 0 Å². The molecule has 0 radical (unpaired) electrons. The third-order valence-electron chi connectivity index (χ3n) is 1.84. The maximum atomic E-state index is 11.4. The molecular weight excluding hydrogens is 222 g/mol. The highest BCUT2D eigenvalue weighted by atomic mass is 35.5. The topological polar surface area (TPSA) is 110 Å². The molecule has 4 N–H and O–H groups in total. The summed E-state index contributed by atoms with van der Waals surface area (Å²) in [5.41, 5.74) is 5.61. The third-order valence-corrected chi connectivity index (χ3v) is 1.84. The summed E-state index contributed by atoms with van der Waals surface area (Å²) < 4.78 is 1.53. The summed E-state index contributed by atoms with van der Waals surface area (Å²) in [6.07, 6.45) is 1.45. The zero-order valence-electron chi connectivity index (χ0n) is 7.67. The highest BCUT2D eigenvalue weighted by Crippen LogP contribution is 2.04. The molecule has 0 saturated carbocycles. The van der Waals surface area contributed by atoms with Gasteiger partial charge in [0.15, 0.2) is 11.2 Å². The lowest BCUT2D eigenvalue weighted by Gasteiger charge is -1.98. The number of hydrogen-bond acceptors (Lipinski definition) is 5. The average Bonchev–Trinajstić information content (AvgIpc) is 2.49. The molecule has 0 aliphatic heterocycles. The Bertz CT molecular complexity index is 520. The SMILES string of the molecule is Cl.Nc1nc2ncn(CCO)c2c(=O)[nH]1. The number of aromatic nitrogens is 4. The van der Waals surface area contributed by atoms with Crippen LogP contribution in [0.2, 0.25) is 0 Å². The maximum absolute atomic E-state index is 11.4. The van der Waals surface area contributed by atoms with Crippen molar-refractivity contribution in [1.82, 2.24) is 19.5 Å². The average molecular weight is 232 g/mol. The van der Waals surface area contributed by atoms with Gasteiger partial charge in [0.05, 0.1) is 12.9 Å². The van der Waals surface area contributed by atoms with Crippen LogP contribution in [-0.4, -0.2) is 31.2 Å². The zero-order valence-corrected chi connectivity index (χ0v) is 8.49. The van der Waals surface area contributed by atoms with E-state index >= 15 is 0 Å². The molecule has 2 aromatic heterocycles. The number of hydrogen-bond donors (Lipinski definition) is 3. The number of aliphatic hydroxyl groups excluding tert-OH is 1. The number of aromatic amines is 1. The molecule has 2 rings (SSSR count). The van der Waals surface area contributed by atoms with Gasteiger partial charge in [-0.2, -0.15) is 4.98 Å². The molecule has 0 fully saturated rings. The lowest BCUT2D eigenvalue weighted by atomic mass is 10.5. The minimum absolute atomic E-state index is 0. The van der Waals surface area contributed by atoms with Crippen molar-refractivity contribution in [1.29, 1.82) is 0 Å². The van der Waals surface area contributed by atoms with E-state index in [1.54, 1.807) is 0 Å². The molecule has 0 spiro atoms. The van der Waals surface area contributed by atoms with Gasteiger partial charge in [-0.05, 0) is 0 Å². The van der Waals surface area contributed by atoms with Crippen LogP contribution in [0.1, 0.15) is 0 Å². The summed E-state index contributed by atoms with van der Waals surface area (Å²) in [5, 5.41) is 8.74. The second-order valence-corrected chi connectivity index (χ2v) is 2.78. The van der Waals surface area contributed by atoms with Crippen LogP contribution >= 0.6 is 12.4 Å². The van der Waals surface area contributed by atoms with Crippen molar-refractivity contribution in [3.8, 4) is 0 Å². The van der Waals surface area contributed by atoms with Gasteiger partial charge in [0.25, 0.3) is 5.56 Å². The van der Waals surface area contributed by atoms with Gasteiger partial charge in [-0.1, -0.05) is 0 Å². The van der Waals surface area contributed by atoms with Crippen LogP contribution in [0.3, 0.4) is 0 Å². The monoisotopic (exact) mass is 231 g/mol. The number of nitrogens with two attached hydrogens (primary N) is 1. The second kappa shape index (κ2) is 4.28. The molecule has 0 amide bonds. The molecule has 82 valence electrons. The van der Waals surface area contributed by atoms with Crippen molar-refractivity contribution in [3.05, 3.63) is 16.7 Å². The Morgan fingerprint density at radius 1 is 1.60 bits per heavy atom. The molecule has 2 heterocycles. The fourth-order valence-electron chi connectivity index (χ4n) is 1.28. The summed E-state index contributed by atoms with van der Waals surface area (Å²) in [5.74, 6) is 0.0387. The van der Waals surface area contributed by atoms with Gasteiger partial charge < -0.3 is 15.4 Å². The fraction of sp³-hybridized carbons (Fsp3) is 0.286. The first-order valence-electron chi connectivity index (χ1n) is 4.04. The van der Waals surface area contributed by atoms with Crippen LogP contribution in [0.4, 0.5) is 5.95 Å². The number of rotatable bonds is 2. The van der Waals surface area contributed by atoms with Crippen molar-refractivity contribution >= 4 is 29.5 Å². The summed E-state index contributed by atoms with van der Waals surface area (Å²) in [7, 11) is 0. The van der Waals surface area contributed by atoms with Crippen molar-refractivity contribution in [2.45, 2.75) is 6.54 Å². The summed E-state index contributed by atoms with van der Waals surface area (Å²) in [6, 6.07) is 0. The van der Waals surface area contributed by atoms with E-state index < -0.39 is 0 Å². The van der Waals surface area contributed by atoms with E-state index in [4.69, 9.17) is 10.8 Å². The predicted octanol–water partition coefficient (Wildman–Crippen LogP) is -0.884. The zero-order chi connectivity index (χ0) is 10.1. The van der Waals surface area contributed by atoms with Gasteiger partial charge in [-0.15, -0.1) is 12.4 Å². The second-order valence-electron chi connectivity index (χ2n) is 2.78. The lowest BCUT2D eigenvalue weighted by molar-refractivity contribution is 0.277. The van der Waals surface area contributed by atoms with Crippen LogP contribution in [-0.2, 0) is 6.54 Å². The van der Waals surface area contributed by atoms with E-state index in [2.05, 4.69) is 15.0 Å². The van der Waals surface area contributed by atoms with Crippen LogP contribution in [0.15, 0.2) is 11.1 Å². The van der Waals surface area contributed by atoms with E-state index in [-0.39, 0.29) is 30.5 Å². The van der Waals surface area contributed by atoms with Gasteiger partial charge in [0.2, 0.25) is 5.95 Å². The minimum Gasteiger partial charge on any atom is -0.395 e. The molecule has 0 unspecified atom stereocenters. The molecule has 2 aromatic rings. The van der Waals surface area contributed by atoms with E-state index in [1.807, 2.05) is 0 Å². The van der Waals surface area contributed by atoms with Gasteiger partial charge in [-0.25, -0.2) is 4.98 Å². The summed E-state index contributed by atoms with van der Waals surface area (Å²) in [4.78, 5) is 21.6. The minimum atomic E-state index is -0.349. The van der Waals surface area contributed by atoms with Crippen LogP contribution in [0, 0.1) is 0 Å². The predicted molar refractivity (Wildman–Crippen MR) is 56.9 cm³/mol. The number of nitrogens with one attached hydrogen (secondary N) is 1. The molecule has 0 aliphatic carbocycles. The van der Waals surface area contributed by atoms with Crippen LogP contribution in [0.25, 0.3) is 11.2 Å². The standard InChI is InChI=1S/C7H9N5O2.ClH/c8-7-10-5-4(6(14)11-7)12(1-2-13)3-9-5;/h3,13H,1-2H2,(H3,8,10,11,14);1H. The first-order valence-corrected chi connectivity index (χ1v) is 4.04. The first-order chi connectivity index (χ1) is 6.72. The molecule has 0 aromatic carbocycles. The number of anilines is 1. The van der Waals surface area contributed by atoms with E-state index in [0.717, 1.165) is 0 Å². The lowest BCUT2D eigenvalue weighted by Crippen LogP contribution is -2.15. The van der Waals surface area contributed by atoms with E-state index in [9.17, 15) is 4.79 Å². The van der Waals surface area contributed by atoms with Crippen molar-refractivity contribution in [3.63, 3.8) is 0 Å². The smallest absolute Gasteiger partial charge is 0.278 e. The molecule has 15 heavy (non-hydrogen) atoms. The van der Waals surface area contributed by atoms with Crippen molar-refractivity contribution < 1.29 is 5.11 Å². The Morgan fingerprint density at radius 3 is 3.00 bits per heavy atom. The van der Waals surface area contributed by atoms with Crippen molar-refractivity contribution in [2.75, 3.05) is 12.3 Å². The first kappa shape index (κ1) is 11.5. The number of nitrogen functional groups attached to an aromatic ring is 1. The number of imidazole rings is 1. The van der Waals surface area contributed by atoms with Gasteiger partial charge in [0, 0.05) is 6.54 Å². The van der Waals surface area contributed by atoms with Crippen LogP contribution < -0.4 is 11.3 Å². The highest BCUT2D eigenvalue weighted by molar-refractivity contribution is 5.85. The van der Waals surface area contributed by atoms with E-state index in [1.165, 1.54) is 10.9 Å². The molecule has 0 saturated heterocycles. The van der Waals surface area contributed by atoms with Gasteiger partial charge >= 0.3 is 0 Å². The van der Waals surface area contributed by atoms with Gasteiger partial charge in [-0.3, -0.25) is 9.78 Å². The number of halogens is 1. The molecule has 0 aliphatic rings. The molecule has 0 bridgehead atoms. The molecule has 0 atom stereocenters. The van der Waals surface area contributed by atoms with Crippen LogP contribution in [0.5, 0.6) is 0 Å². The fourth-order valence-corrected chi connectivity index (χ4v) is 1.28. The largest absolute Gasteiger partial charge is 0.395 e. The number of nitrogens with zero attached hydrogens (tertiary/aromatic N) is 3. The Hall–Kier alpha value is -1.60. The Morgan fingerprint density at radius 2 is 2.33 bits per heavy atom. The molecule has 8 heteroatoms. The number of fused-ring (bicyclic) bond motifs is 1. The van der Waals surface area contributed by atoms with E-state index in [0.29, 0.717) is 17.7 Å². The quantitative estimate of drug-likeness (QED) is 0.622. The third kappa shape index (κ3) is 1.92. The number of H-pyrrole nitrogens is 1. The summed E-state index contributed by atoms with van der Waals surface area (Å²) in [6.45, 7) is 0.250. The Kier molecular flexibility index (Phi) is 3.28. The highest BCUT2D eigenvalue weighted by Gasteiger charge is 2.08. The molecular formula is C7H10ClN5O2. The number of aliphatic hydroxyl groups is 1. The Labute approximate surface area is 90.4 Å². The summed E-state index contributed by atoms with van der Waals surface area (Å²) >= 11 is 0. The van der Waals surface area contributed by atoms with Crippen molar-refractivity contribution in [2.24, 2.45) is 0 Å². The molecule has 7 nitrogen and oxygen atoms in total.